The highest BCUT2D eigenvalue weighted by molar-refractivity contribution is 5.44. The van der Waals surface area contributed by atoms with Crippen LogP contribution in [0.1, 0.15) is 30.5 Å². The molecule has 0 unspecified atom stereocenters. The van der Waals surface area contributed by atoms with E-state index in [2.05, 4.69) is 0 Å². The van der Waals surface area contributed by atoms with Crippen LogP contribution in [0, 0.1) is 13.8 Å². The Labute approximate surface area is 78.8 Å². The van der Waals surface area contributed by atoms with Crippen LogP contribution in [-0.2, 0) is 5.60 Å². The third kappa shape index (κ3) is 1.83. The molecule has 1 rings (SSSR count). The molecule has 0 bridgehead atoms. The van der Waals surface area contributed by atoms with E-state index in [1.807, 2.05) is 13.8 Å². The lowest BCUT2D eigenvalue weighted by Gasteiger charge is -2.21. The fourth-order valence-electron chi connectivity index (χ4n) is 1.47. The summed E-state index contributed by atoms with van der Waals surface area (Å²) in [6.45, 7) is 7.24. The second-order valence-corrected chi connectivity index (χ2v) is 3.94. The monoisotopic (exact) mass is 180 g/mol. The van der Waals surface area contributed by atoms with Gasteiger partial charge in [-0.3, -0.25) is 0 Å². The standard InChI is InChI=1S/C11H16O2/c1-7-8(2)10(12)6-5-9(7)11(3,4)13/h5-6,12-13H,1-4H3. The van der Waals surface area contributed by atoms with Crippen molar-refractivity contribution in [1.29, 1.82) is 0 Å². The molecule has 0 saturated heterocycles. The van der Waals surface area contributed by atoms with E-state index in [0.29, 0.717) is 0 Å². The van der Waals surface area contributed by atoms with E-state index < -0.39 is 5.60 Å². The zero-order chi connectivity index (χ0) is 10.2. The summed E-state index contributed by atoms with van der Waals surface area (Å²) in [5, 5.41) is 19.2. The Morgan fingerprint density at radius 2 is 1.62 bits per heavy atom. The average molecular weight is 180 g/mol. The molecule has 0 heterocycles. The van der Waals surface area contributed by atoms with Crippen molar-refractivity contribution in [1.82, 2.24) is 0 Å². The molecular weight excluding hydrogens is 164 g/mol. The minimum Gasteiger partial charge on any atom is -0.508 e. The zero-order valence-corrected chi connectivity index (χ0v) is 8.55. The highest BCUT2D eigenvalue weighted by Crippen LogP contribution is 2.29. The van der Waals surface area contributed by atoms with Crippen molar-refractivity contribution in [3.05, 3.63) is 28.8 Å². The number of hydrogen-bond acceptors (Lipinski definition) is 2. The lowest BCUT2D eigenvalue weighted by atomic mass is 9.91. The average Bonchev–Trinajstić information content (AvgIpc) is 1.98. The number of benzene rings is 1. The molecule has 1 aromatic carbocycles. The van der Waals surface area contributed by atoms with Crippen LogP contribution in [0.3, 0.4) is 0 Å². The highest BCUT2D eigenvalue weighted by atomic mass is 16.3. The Balaban J connectivity index is 3.35. The van der Waals surface area contributed by atoms with Crippen LogP contribution in [-0.4, -0.2) is 10.2 Å². The van der Waals surface area contributed by atoms with Gasteiger partial charge in [-0.25, -0.2) is 0 Å². The molecule has 13 heavy (non-hydrogen) atoms. The summed E-state index contributed by atoms with van der Waals surface area (Å²) in [5.74, 6) is 0.283. The van der Waals surface area contributed by atoms with Crippen molar-refractivity contribution in [3.8, 4) is 5.75 Å². The normalized spacial score (nSPS) is 11.8. The Morgan fingerprint density at radius 1 is 1.08 bits per heavy atom. The number of rotatable bonds is 1. The van der Waals surface area contributed by atoms with Gasteiger partial charge in [-0.2, -0.15) is 0 Å². The van der Waals surface area contributed by atoms with E-state index in [0.717, 1.165) is 16.7 Å². The maximum absolute atomic E-state index is 9.80. The summed E-state index contributed by atoms with van der Waals surface area (Å²) in [5.41, 5.74) is 1.80. The third-order valence-electron chi connectivity index (χ3n) is 2.42. The fourth-order valence-corrected chi connectivity index (χ4v) is 1.47. The smallest absolute Gasteiger partial charge is 0.118 e. The maximum Gasteiger partial charge on any atom is 0.118 e. The molecule has 0 aliphatic carbocycles. The molecule has 0 spiro atoms. The number of hydrogen-bond donors (Lipinski definition) is 2. The van der Waals surface area contributed by atoms with Crippen molar-refractivity contribution < 1.29 is 10.2 Å². The molecule has 1 aromatic rings. The molecule has 2 N–H and O–H groups in total. The van der Waals surface area contributed by atoms with Crippen LogP contribution in [0.5, 0.6) is 5.75 Å². The number of aliphatic hydroxyl groups is 1. The fraction of sp³-hybridized carbons (Fsp3) is 0.455. The van der Waals surface area contributed by atoms with Gasteiger partial charge in [-0.1, -0.05) is 6.07 Å². The number of aromatic hydroxyl groups is 1. The summed E-state index contributed by atoms with van der Waals surface area (Å²) in [6.07, 6.45) is 0. The Bertz CT molecular complexity index is 322. The van der Waals surface area contributed by atoms with E-state index >= 15 is 0 Å². The minimum absolute atomic E-state index is 0.283. The third-order valence-corrected chi connectivity index (χ3v) is 2.42. The first-order valence-electron chi connectivity index (χ1n) is 4.36. The first-order valence-corrected chi connectivity index (χ1v) is 4.36. The summed E-state index contributed by atoms with van der Waals surface area (Å²) >= 11 is 0. The summed E-state index contributed by atoms with van der Waals surface area (Å²) in [4.78, 5) is 0. The highest BCUT2D eigenvalue weighted by Gasteiger charge is 2.19. The molecule has 0 amide bonds. The van der Waals surface area contributed by atoms with Crippen LogP contribution >= 0.6 is 0 Å². The van der Waals surface area contributed by atoms with Gasteiger partial charge in [0, 0.05) is 0 Å². The quantitative estimate of drug-likeness (QED) is 0.695. The Kier molecular flexibility index (Phi) is 2.35. The maximum atomic E-state index is 9.80. The Morgan fingerprint density at radius 3 is 2.08 bits per heavy atom. The number of phenolic OH excluding ortho intramolecular Hbond substituents is 1. The first kappa shape index (κ1) is 10.1. The van der Waals surface area contributed by atoms with Crippen molar-refractivity contribution >= 4 is 0 Å². The van der Waals surface area contributed by atoms with Crippen LogP contribution in [0.2, 0.25) is 0 Å². The molecule has 0 saturated carbocycles. The molecule has 0 radical (unpaired) electrons. The summed E-state index contributed by atoms with van der Waals surface area (Å²) in [6, 6.07) is 3.38. The molecule has 2 heteroatoms. The van der Waals surface area contributed by atoms with Gasteiger partial charge >= 0.3 is 0 Å². The van der Waals surface area contributed by atoms with Gasteiger partial charge in [0.2, 0.25) is 0 Å². The van der Waals surface area contributed by atoms with Gasteiger partial charge in [0.05, 0.1) is 5.60 Å². The summed E-state index contributed by atoms with van der Waals surface area (Å²) in [7, 11) is 0. The molecule has 0 aliphatic heterocycles. The van der Waals surface area contributed by atoms with Crippen molar-refractivity contribution in [3.63, 3.8) is 0 Å². The van der Waals surface area contributed by atoms with Crippen LogP contribution in [0.4, 0.5) is 0 Å². The second-order valence-electron chi connectivity index (χ2n) is 3.94. The lowest BCUT2D eigenvalue weighted by Crippen LogP contribution is -2.17. The summed E-state index contributed by atoms with van der Waals surface area (Å²) < 4.78 is 0. The van der Waals surface area contributed by atoms with Gasteiger partial charge in [-0.05, 0) is 50.5 Å². The molecule has 72 valence electrons. The molecule has 0 aliphatic rings. The molecule has 0 fully saturated rings. The van der Waals surface area contributed by atoms with E-state index in [1.54, 1.807) is 26.0 Å². The lowest BCUT2D eigenvalue weighted by molar-refractivity contribution is 0.0778. The van der Waals surface area contributed by atoms with Crippen molar-refractivity contribution in [2.75, 3.05) is 0 Å². The predicted octanol–water partition coefficient (Wildman–Crippen LogP) is 2.24. The van der Waals surface area contributed by atoms with Crippen molar-refractivity contribution in [2.24, 2.45) is 0 Å². The zero-order valence-electron chi connectivity index (χ0n) is 8.55. The van der Waals surface area contributed by atoms with E-state index in [9.17, 15) is 10.2 Å². The predicted molar refractivity (Wildman–Crippen MR) is 52.8 cm³/mol. The van der Waals surface area contributed by atoms with E-state index in [4.69, 9.17) is 0 Å². The topological polar surface area (TPSA) is 40.5 Å². The van der Waals surface area contributed by atoms with Crippen LogP contribution < -0.4 is 0 Å². The van der Waals surface area contributed by atoms with Crippen molar-refractivity contribution in [2.45, 2.75) is 33.3 Å². The minimum atomic E-state index is -0.845. The molecule has 0 atom stereocenters. The largest absolute Gasteiger partial charge is 0.508 e. The van der Waals surface area contributed by atoms with Gasteiger partial charge in [0.25, 0.3) is 0 Å². The molecular formula is C11H16O2. The Hall–Kier alpha value is -1.02. The van der Waals surface area contributed by atoms with Crippen LogP contribution in [0.25, 0.3) is 0 Å². The molecule has 0 aromatic heterocycles. The van der Waals surface area contributed by atoms with Gasteiger partial charge in [-0.15, -0.1) is 0 Å². The van der Waals surface area contributed by atoms with Gasteiger partial charge < -0.3 is 10.2 Å². The van der Waals surface area contributed by atoms with Gasteiger partial charge in [0.15, 0.2) is 0 Å². The van der Waals surface area contributed by atoms with E-state index in [1.165, 1.54) is 0 Å². The first-order chi connectivity index (χ1) is 5.84. The second kappa shape index (κ2) is 3.04. The van der Waals surface area contributed by atoms with Gasteiger partial charge in [0.1, 0.15) is 5.75 Å². The molecule has 2 nitrogen and oxygen atoms in total. The number of phenols is 1. The van der Waals surface area contributed by atoms with E-state index in [-0.39, 0.29) is 5.75 Å². The van der Waals surface area contributed by atoms with Crippen LogP contribution in [0.15, 0.2) is 12.1 Å². The SMILES string of the molecule is Cc1c(O)ccc(C(C)(C)O)c1C.